The van der Waals surface area contributed by atoms with Gasteiger partial charge in [-0.3, -0.25) is 0 Å². The highest BCUT2D eigenvalue weighted by molar-refractivity contribution is 7.90. The summed E-state index contributed by atoms with van der Waals surface area (Å²) >= 11 is 1.52. The third-order valence-electron chi connectivity index (χ3n) is 5.16. The van der Waals surface area contributed by atoms with E-state index < -0.39 is 16.1 Å². The van der Waals surface area contributed by atoms with Gasteiger partial charge in [0.05, 0.1) is 5.75 Å². The summed E-state index contributed by atoms with van der Waals surface area (Å²) in [6.45, 7) is 0. The van der Waals surface area contributed by atoms with Gasteiger partial charge in [-0.15, -0.1) is 11.3 Å². The molecule has 0 radical (unpaired) electrons. The van der Waals surface area contributed by atoms with Crippen LogP contribution in [0.4, 0.5) is 10.5 Å². The van der Waals surface area contributed by atoms with Crippen LogP contribution in [0.15, 0.2) is 23.6 Å². The first-order valence-corrected chi connectivity index (χ1v) is 11.6. The fourth-order valence-electron chi connectivity index (χ4n) is 3.99. The Labute approximate surface area is 157 Å². The Morgan fingerprint density at radius 1 is 1.08 bits per heavy atom. The Bertz CT molecular complexity index is 902. The van der Waals surface area contributed by atoms with Crippen molar-refractivity contribution in [2.24, 2.45) is 0 Å². The molecule has 0 saturated carbocycles. The molecule has 2 N–H and O–H groups in total. The highest BCUT2D eigenvalue weighted by Gasteiger charge is 2.25. The second-order valence-electron chi connectivity index (χ2n) is 6.94. The molecule has 2 aliphatic carbocycles. The van der Waals surface area contributed by atoms with Crippen molar-refractivity contribution in [3.8, 4) is 0 Å². The van der Waals surface area contributed by atoms with Crippen molar-refractivity contribution in [1.82, 2.24) is 4.72 Å². The van der Waals surface area contributed by atoms with Gasteiger partial charge in [0.25, 0.3) is 0 Å². The van der Waals surface area contributed by atoms with E-state index in [4.69, 9.17) is 0 Å². The quantitative estimate of drug-likeness (QED) is 0.821. The molecule has 5 nitrogen and oxygen atoms in total. The van der Waals surface area contributed by atoms with Gasteiger partial charge in [-0.1, -0.05) is 12.1 Å². The summed E-state index contributed by atoms with van der Waals surface area (Å²) in [7, 11) is -3.66. The number of amides is 2. The number of aryl methyl sites for hydroxylation is 3. The van der Waals surface area contributed by atoms with Gasteiger partial charge >= 0.3 is 6.03 Å². The lowest BCUT2D eigenvalue weighted by Gasteiger charge is -2.16. The predicted molar refractivity (Wildman–Crippen MR) is 104 cm³/mol. The molecule has 2 aromatic rings. The summed E-state index contributed by atoms with van der Waals surface area (Å²) in [5, 5.41) is 4.78. The van der Waals surface area contributed by atoms with Gasteiger partial charge in [-0.05, 0) is 78.6 Å². The lowest BCUT2D eigenvalue weighted by Crippen LogP contribution is -2.36. The summed E-state index contributed by atoms with van der Waals surface area (Å²) in [5.74, 6) is -0.0913. The molecule has 7 heteroatoms. The maximum absolute atomic E-state index is 12.4. The first-order chi connectivity index (χ1) is 12.5. The van der Waals surface area contributed by atoms with E-state index in [1.54, 1.807) is 0 Å². The Morgan fingerprint density at radius 2 is 1.77 bits per heavy atom. The standard InChI is InChI=1S/C19H22N2O3S2/c22-19(21-26(23,24)11-9-15-6-3-10-25-15)20-18-16-7-1-4-13(16)12-14-5-2-8-17(14)18/h3,6,10,12H,1-2,4-5,7-9,11H2,(H2,20,21,22). The number of rotatable bonds is 5. The summed E-state index contributed by atoms with van der Waals surface area (Å²) in [5.41, 5.74) is 5.86. The van der Waals surface area contributed by atoms with Crippen LogP contribution in [0.3, 0.4) is 0 Å². The summed E-state index contributed by atoms with van der Waals surface area (Å²) in [6, 6.07) is 5.43. The van der Waals surface area contributed by atoms with Crippen LogP contribution in [0.1, 0.15) is 40.0 Å². The maximum Gasteiger partial charge on any atom is 0.332 e. The fourth-order valence-corrected chi connectivity index (χ4v) is 5.75. The minimum absolute atomic E-state index is 0.0913. The number of anilines is 1. The Kier molecular flexibility index (Phi) is 4.75. The first kappa shape index (κ1) is 17.5. The van der Waals surface area contributed by atoms with Crippen molar-refractivity contribution in [3.05, 3.63) is 50.7 Å². The van der Waals surface area contributed by atoms with E-state index in [2.05, 4.69) is 16.1 Å². The van der Waals surface area contributed by atoms with Gasteiger partial charge in [-0.25, -0.2) is 17.9 Å². The molecule has 26 heavy (non-hydrogen) atoms. The molecule has 4 rings (SSSR count). The fraction of sp³-hybridized carbons (Fsp3) is 0.421. The molecule has 1 heterocycles. The molecule has 2 amide bonds. The smallest absolute Gasteiger partial charge is 0.307 e. The molecular weight excluding hydrogens is 368 g/mol. The number of thiophene rings is 1. The molecule has 0 atom stereocenters. The minimum atomic E-state index is -3.66. The highest BCUT2D eigenvalue weighted by Crippen LogP contribution is 2.38. The van der Waals surface area contributed by atoms with Crippen molar-refractivity contribution in [1.29, 1.82) is 0 Å². The van der Waals surface area contributed by atoms with Crippen LogP contribution in [-0.2, 0) is 42.1 Å². The van der Waals surface area contributed by atoms with E-state index in [1.165, 1.54) is 33.6 Å². The largest absolute Gasteiger partial charge is 0.332 e. The van der Waals surface area contributed by atoms with E-state index in [9.17, 15) is 13.2 Å². The molecule has 0 fully saturated rings. The highest BCUT2D eigenvalue weighted by atomic mass is 32.2. The molecule has 0 saturated heterocycles. The number of carbonyl (C=O) groups is 1. The topological polar surface area (TPSA) is 75.3 Å². The van der Waals surface area contributed by atoms with Crippen LogP contribution < -0.4 is 10.0 Å². The first-order valence-electron chi connectivity index (χ1n) is 9.02. The van der Waals surface area contributed by atoms with Gasteiger partial charge in [-0.2, -0.15) is 0 Å². The van der Waals surface area contributed by atoms with Gasteiger partial charge < -0.3 is 5.32 Å². The molecule has 1 aromatic heterocycles. The van der Waals surface area contributed by atoms with Crippen molar-refractivity contribution >= 4 is 33.1 Å². The van der Waals surface area contributed by atoms with Crippen molar-refractivity contribution in [2.75, 3.05) is 11.1 Å². The van der Waals surface area contributed by atoms with Crippen LogP contribution in [0.5, 0.6) is 0 Å². The van der Waals surface area contributed by atoms with Gasteiger partial charge in [0.2, 0.25) is 10.0 Å². The Morgan fingerprint density at radius 3 is 2.38 bits per heavy atom. The van der Waals surface area contributed by atoms with Gasteiger partial charge in [0.15, 0.2) is 0 Å². The van der Waals surface area contributed by atoms with Gasteiger partial charge in [0, 0.05) is 10.6 Å². The minimum Gasteiger partial charge on any atom is -0.307 e. The van der Waals surface area contributed by atoms with Crippen molar-refractivity contribution in [3.63, 3.8) is 0 Å². The SMILES string of the molecule is O=C(Nc1c2c(cc3c1CCC3)CCC2)NS(=O)(=O)CCc1cccs1. The molecule has 0 bridgehead atoms. The van der Waals surface area contributed by atoms with Crippen molar-refractivity contribution < 1.29 is 13.2 Å². The molecule has 0 unspecified atom stereocenters. The van der Waals surface area contributed by atoms with E-state index in [1.807, 2.05) is 17.5 Å². The number of urea groups is 1. The monoisotopic (exact) mass is 390 g/mol. The summed E-state index contributed by atoms with van der Waals surface area (Å²) in [6.07, 6.45) is 6.57. The molecule has 2 aliphatic rings. The molecule has 0 spiro atoms. The number of sulfonamides is 1. The zero-order valence-electron chi connectivity index (χ0n) is 14.5. The zero-order chi connectivity index (χ0) is 18.1. The van der Waals surface area contributed by atoms with Crippen LogP contribution >= 0.6 is 11.3 Å². The number of hydrogen-bond acceptors (Lipinski definition) is 4. The average Bonchev–Trinajstić information content (AvgIpc) is 3.33. The number of fused-ring (bicyclic) bond motifs is 2. The number of nitrogens with one attached hydrogen (secondary N) is 2. The number of hydrogen-bond donors (Lipinski definition) is 2. The second kappa shape index (κ2) is 7.04. The predicted octanol–water partition coefficient (Wildman–Crippen LogP) is 3.42. The normalized spacial score (nSPS) is 15.5. The van der Waals surface area contributed by atoms with Crippen molar-refractivity contribution in [2.45, 2.75) is 44.9 Å². The third kappa shape index (κ3) is 3.64. The lowest BCUT2D eigenvalue weighted by molar-refractivity contribution is 0.256. The number of carbonyl (C=O) groups excluding carboxylic acids is 1. The molecule has 0 aliphatic heterocycles. The van der Waals surface area contributed by atoms with Crippen LogP contribution in [0, 0.1) is 0 Å². The van der Waals surface area contributed by atoms with Gasteiger partial charge in [0.1, 0.15) is 0 Å². The lowest BCUT2D eigenvalue weighted by atomic mass is 9.99. The third-order valence-corrected chi connectivity index (χ3v) is 7.33. The van der Waals surface area contributed by atoms with E-state index >= 15 is 0 Å². The van der Waals surface area contributed by atoms with E-state index in [0.29, 0.717) is 6.42 Å². The van der Waals surface area contributed by atoms with E-state index in [-0.39, 0.29) is 5.75 Å². The molecule has 1 aromatic carbocycles. The van der Waals surface area contributed by atoms with Crippen LogP contribution in [-0.4, -0.2) is 20.2 Å². The Hall–Kier alpha value is -1.86. The Balaban J connectivity index is 1.47. The van der Waals surface area contributed by atoms with Crippen LogP contribution in [0.25, 0.3) is 0 Å². The average molecular weight is 391 g/mol. The zero-order valence-corrected chi connectivity index (χ0v) is 16.1. The molecular formula is C19H22N2O3S2. The van der Waals surface area contributed by atoms with Crippen LogP contribution in [0.2, 0.25) is 0 Å². The molecule has 138 valence electrons. The summed E-state index contributed by atoms with van der Waals surface area (Å²) < 4.78 is 26.6. The number of benzene rings is 1. The second-order valence-corrected chi connectivity index (χ2v) is 9.81. The summed E-state index contributed by atoms with van der Waals surface area (Å²) in [4.78, 5) is 13.4. The van der Waals surface area contributed by atoms with E-state index in [0.717, 1.165) is 49.1 Å². The maximum atomic E-state index is 12.4.